The first-order valence-electron chi connectivity index (χ1n) is 6.63. The Balaban J connectivity index is 1.89. The van der Waals surface area contributed by atoms with Gasteiger partial charge in [-0.2, -0.15) is 13.5 Å². The van der Waals surface area contributed by atoms with Crippen molar-refractivity contribution in [1.82, 2.24) is 14.9 Å². The molecule has 3 aromatic rings. The first-order chi connectivity index (χ1) is 11.1. The maximum absolute atomic E-state index is 12.3. The second-order valence-corrected chi connectivity index (χ2v) is 6.02. The molecule has 0 aliphatic heterocycles. The van der Waals surface area contributed by atoms with Crippen LogP contribution in [-0.4, -0.2) is 29.5 Å². The highest BCUT2D eigenvalue weighted by atomic mass is 32.2. The van der Waals surface area contributed by atoms with Crippen molar-refractivity contribution in [2.45, 2.75) is 4.90 Å². The SMILES string of the molecule is O=S(=O)(Oc1ccccc1/C=N\n1cnnc1)c1ccccc1. The van der Waals surface area contributed by atoms with Crippen LogP contribution in [0.4, 0.5) is 0 Å². The lowest BCUT2D eigenvalue weighted by atomic mass is 10.2. The minimum Gasteiger partial charge on any atom is -0.378 e. The zero-order valence-corrected chi connectivity index (χ0v) is 12.7. The fourth-order valence-electron chi connectivity index (χ4n) is 1.80. The second kappa shape index (κ2) is 6.41. The molecular formula is C15H12N4O3S. The van der Waals surface area contributed by atoms with Gasteiger partial charge in [-0.3, -0.25) is 0 Å². The van der Waals surface area contributed by atoms with Gasteiger partial charge in [-0.15, -0.1) is 10.2 Å². The molecule has 23 heavy (non-hydrogen) atoms. The van der Waals surface area contributed by atoms with E-state index in [1.165, 1.54) is 35.7 Å². The van der Waals surface area contributed by atoms with Crippen molar-refractivity contribution in [3.63, 3.8) is 0 Å². The van der Waals surface area contributed by atoms with Crippen molar-refractivity contribution in [2.24, 2.45) is 5.10 Å². The molecule has 0 spiro atoms. The van der Waals surface area contributed by atoms with E-state index in [1.807, 2.05) is 0 Å². The van der Waals surface area contributed by atoms with E-state index in [0.717, 1.165) is 0 Å². The minimum absolute atomic E-state index is 0.0885. The average Bonchev–Trinajstić information content (AvgIpc) is 3.08. The molecule has 0 fully saturated rings. The summed E-state index contributed by atoms with van der Waals surface area (Å²) in [6, 6.07) is 14.7. The van der Waals surface area contributed by atoms with Gasteiger partial charge in [0, 0.05) is 5.56 Å². The number of para-hydroxylation sites is 1. The molecule has 1 aromatic heterocycles. The number of aromatic nitrogens is 3. The zero-order chi connectivity index (χ0) is 16.1. The number of nitrogens with zero attached hydrogens (tertiary/aromatic N) is 4. The first-order valence-corrected chi connectivity index (χ1v) is 8.03. The molecule has 0 radical (unpaired) electrons. The summed E-state index contributed by atoms with van der Waals surface area (Å²) in [7, 11) is -3.90. The van der Waals surface area contributed by atoms with E-state index in [4.69, 9.17) is 4.18 Å². The van der Waals surface area contributed by atoms with Crippen LogP contribution in [0.15, 0.2) is 77.2 Å². The molecule has 0 aliphatic rings. The molecule has 7 nitrogen and oxygen atoms in total. The Morgan fingerprint density at radius 1 is 0.957 bits per heavy atom. The predicted octanol–water partition coefficient (Wildman–Crippen LogP) is 1.93. The summed E-state index contributed by atoms with van der Waals surface area (Å²) in [5.74, 6) is 0.188. The average molecular weight is 328 g/mol. The summed E-state index contributed by atoms with van der Waals surface area (Å²) in [6.07, 6.45) is 4.31. The summed E-state index contributed by atoms with van der Waals surface area (Å²) in [5, 5.41) is 11.3. The van der Waals surface area contributed by atoms with Crippen LogP contribution in [0, 0.1) is 0 Å². The second-order valence-electron chi connectivity index (χ2n) is 4.47. The molecule has 1 heterocycles. The standard InChI is InChI=1S/C15H12N4O3S/c20-23(21,14-7-2-1-3-8-14)22-15-9-5-4-6-13(15)10-18-19-11-16-17-12-19/h1-12H/b18-10-. The van der Waals surface area contributed by atoms with E-state index < -0.39 is 10.1 Å². The molecule has 0 N–H and O–H groups in total. The summed E-state index contributed by atoms with van der Waals surface area (Å²) < 4.78 is 31.2. The lowest BCUT2D eigenvalue weighted by Gasteiger charge is -2.09. The van der Waals surface area contributed by atoms with Gasteiger partial charge in [-0.05, 0) is 24.3 Å². The van der Waals surface area contributed by atoms with Gasteiger partial charge in [0.2, 0.25) is 0 Å². The molecule has 3 rings (SSSR count). The van der Waals surface area contributed by atoms with Gasteiger partial charge in [-0.1, -0.05) is 30.3 Å². The Bertz CT molecular complexity index is 907. The molecule has 0 unspecified atom stereocenters. The highest BCUT2D eigenvalue weighted by molar-refractivity contribution is 7.87. The maximum Gasteiger partial charge on any atom is 0.339 e. The van der Waals surface area contributed by atoms with Gasteiger partial charge in [0.05, 0.1) is 6.21 Å². The van der Waals surface area contributed by atoms with Gasteiger partial charge in [0.25, 0.3) is 0 Å². The maximum atomic E-state index is 12.3. The Kier molecular flexibility index (Phi) is 4.15. The van der Waals surface area contributed by atoms with Crippen LogP contribution in [0.25, 0.3) is 0 Å². The fourth-order valence-corrected chi connectivity index (χ4v) is 2.78. The fraction of sp³-hybridized carbons (Fsp3) is 0. The number of rotatable bonds is 5. The third kappa shape index (κ3) is 3.61. The Labute approximate surface area is 133 Å². The molecule has 116 valence electrons. The topological polar surface area (TPSA) is 86.4 Å². The van der Waals surface area contributed by atoms with Crippen LogP contribution in [-0.2, 0) is 10.1 Å². The van der Waals surface area contributed by atoms with E-state index in [2.05, 4.69) is 15.3 Å². The van der Waals surface area contributed by atoms with Gasteiger partial charge in [-0.25, -0.2) is 4.68 Å². The number of hydrogen-bond donors (Lipinski definition) is 0. The summed E-state index contributed by atoms with van der Waals surface area (Å²) in [4.78, 5) is 0.0885. The molecular weight excluding hydrogens is 316 g/mol. The van der Waals surface area contributed by atoms with Crippen LogP contribution in [0.2, 0.25) is 0 Å². The van der Waals surface area contributed by atoms with E-state index in [-0.39, 0.29) is 10.6 Å². The van der Waals surface area contributed by atoms with Crippen LogP contribution >= 0.6 is 0 Å². The largest absolute Gasteiger partial charge is 0.378 e. The van der Waals surface area contributed by atoms with Crippen LogP contribution in [0.3, 0.4) is 0 Å². The third-order valence-electron chi connectivity index (χ3n) is 2.89. The first kappa shape index (κ1) is 14.9. The van der Waals surface area contributed by atoms with Crippen molar-refractivity contribution in [2.75, 3.05) is 0 Å². The van der Waals surface area contributed by atoms with Gasteiger partial charge >= 0.3 is 10.1 Å². The molecule has 0 aliphatic carbocycles. The van der Waals surface area contributed by atoms with Gasteiger partial charge in [0.15, 0.2) is 5.75 Å². The third-order valence-corrected chi connectivity index (χ3v) is 4.14. The zero-order valence-electron chi connectivity index (χ0n) is 11.9. The minimum atomic E-state index is -3.90. The van der Waals surface area contributed by atoms with Crippen molar-refractivity contribution in [3.05, 3.63) is 72.8 Å². The predicted molar refractivity (Wildman–Crippen MR) is 83.7 cm³/mol. The Morgan fingerprint density at radius 3 is 2.35 bits per heavy atom. The molecule has 2 aromatic carbocycles. The van der Waals surface area contributed by atoms with Crippen molar-refractivity contribution in [3.8, 4) is 5.75 Å². The van der Waals surface area contributed by atoms with Crippen molar-refractivity contribution in [1.29, 1.82) is 0 Å². The Hall–Kier alpha value is -3.00. The molecule has 8 heteroatoms. The normalized spacial score (nSPS) is 11.7. The van der Waals surface area contributed by atoms with E-state index in [1.54, 1.807) is 42.5 Å². The Morgan fingerprint density at radius 2 is 1.61 bits per heavy atom. The molecule has 0 saturated heterocycles. The quantitative estimate of drug-likeness (QED) is 0.527. The molecule has 0 saturated carbocycles. The molecule has 0 bridgehead atoms. The lowest BCUT2D eigenvalue weighted by molar-refractivity contribution is 0.485. The molecule has 0 amide bonds. The summed E-state index contributed by atoms with van der Waals surface area (Å²) in [6.45, 7) is 0. The highest BCUT2D eigenvalue weighted by Crippen LogP contribution is 2.21. The van der Waals surface area contributed by atoms with Crippen molar-refractivity contribution >= 4 is 16.3 Å². The number of benzene rings is 2. The van der Waals surface area contributed by atoms with Gasteiger partial charge in [0.1, 0.15) is 17.6 Å². The van der Waals surface area contributed by atoms with E-state index in [9.17, 15) is 8.42 Å². The van der Waals surface area contributed by atoms with Crippen LogP contribution in [0.5, 0.6) is 5.75 Å². The van der Waals surface area contributed by atoms with Crippen molar-refractivity contribution < 1.29 is 12.6 Å². The summed E-state index contributed by atoms with van der Waals surface area (Å²) in [5.41, 5.74) is 0.515. The van der Waals surface area contributed by atoms with E-state index >= 15 is 0 Å². The van der Waals surface area contributed by atoms with Gasteiger partial charge < -0.3 is 4.18 Å². The lowest BCUT2D eigenvalue weighted by Crippen LogP contribution is -2.10. The van der Waals surface area contributed by atoms with E-state index in [0.29, 0.717) is 5.56 Å². The highest BCUT2D eigenvalue weighted by Gasteiger charge is 2.17. The summed E-state index contributed by atoms with van der Waals surface area (Å²) >= 11 is 0. The van der Waals surface area contributed by atoms with Crippen LogP contribution in [0.1, 0.15) is 5.56 Å². The van der Waals surface area contributed by atoms with Crippen LogP contribution < -0.4 is 4.18 Å². The number of hydrogen-bond acceptors (Lipinski definition) is 6. The monoisotopic (exact) mass is 328 g/mol. The molecule has 0 atom stereocenters. The smallest absolute Gasteiger partial charge is 0.339 e.